The maximum Gasteiger partial charge on any atom is 0.338 e. The molecule has 0 radical (unpaired) electrons. The number of rotatable bonds is 6. The molecule has 0 aromatic heterocycles. The van der Waals surface area contributed by atoms with Crippen LogP contribution in [0.2, 0.25) is 0 Å². The molecule has 0 saturated carbocycles. The summed E-state index contributed by atoms with van der Waals surface area (Å²) in [5.74, 6) is -0.643. The highest BCUT2D eigenvalue weighted by Crippen LogP contribution is 2.12. The van der Waals surface area contributed by atoms with Gasteiger partial charge in [0.25, 0.3) is 0 Å². The Morgan fingerprint density at radius 3 is 2.61 bits per heavy atom. The fourth-order valence-electron chi connectivity index (χ4n) is 1.92. The van der Waals surface area contributed by atoms with Crippen LogP contribution in [0.4, 0.5) is 5.69 Å². The number of anilines is 1. The summed E-state index contributed by atoms with van der Waals surface area (Å²) in [5.41, 5.74) is 1.92. The highest BCUT2D eigenvalue weighted by atomic mass is 16.5. The van der Waals surface area contributed by atoms with Crippen LogP contribution in [0.15, 0.2) is 60.7 Å². The summed E-state index contributed by atoms with van der Waals surface area (Å²) in [6, 6.07) is 16.2. The quantitative estimate of drug-likeness (QED) is 0.650. The molecule has 0 bridgehead atoms. The van der Waals surface area contributed by atoms with E-state index in [4.69, 9.17) is 4.74 Å². The molecule has 0 unspecified atom stereocenters. The van der Waals surface area contributed by atoms with Crippen molar-refractivity contribution in [2.24, 2.45) is 0 Å². The van der Waals surface area contributed by atoms with Crippen LogP contribution in [-0.4, -0.2) is 18.5 Å². The van der Waals surface area contributed by atoms with Crippen LogP contribution in [0.1, 0.15) is 29.3 Å². The first-order valence-electron chi connectivity index (χ1n) is 7.50. The molecule has 0 saturated heterocycles. The number of amides is 1. The van der Waals surface area contributed by atoms with Crippen LogP contribution in [0.3, 0.4) is 0 Å². The van der Waals surface area contributed by atoms with Crippen LogP contribution in [-0.2, 0) is 9.53 Å². The Morgan fingerprint density at radius 1 is 1.09 bits per heavy atom. The molecule has 2 aromatic rings. The molecule has 4 nitrogen and oxygen atoms in total. The molecule has 0 heterocycles. The highest BCUT2D eigenvalue weighted by molar-refractivity contribution is 6.02. The molecular weight excluding hydrogens is 290 g/mol. The van der Waals surface area contributed by atoms with Crippen molar-refractivity contribution in [3.05, 3.63) is 71.8 Å². The number of hydrogen-bond acceptors (Lipinski definition) is 3. The normalized spacial score (nSPS) is 10.5. The third-order valence-electron chi connectivity index (χ3n) is 3.03. The lowest BCUT2D eigenvalue weighted by atomic mass is 10.2. The molecule has 1 amide bonds. The topological polar surface area (TPSA) is 55.4 Å². The molecule has 2 rings (SSSR count). The van der Waals surface area contributed by atoms with Crippen LogP contribution in [0, 0.1) is 0 Å². The van der Waals surface area contributed by atoms with E-state index < -0.39 is 0 Å². The zero-order valence-electron chi connectivity index (χ0n) is 13.0. The van der Waals surface area contributed by atoms with Crippen LogP contribution >= 0.6 is 0 Å². The van der Waals surface area contributed by atoms with E-state index in [9.17, 15) is 9.59 Å². The van der Waals surface area contributed by atoms with E-state index in [0.29, 0.717) is 17.9 Å². The molecule has 118 valence electrons. The smallest absolute Gasteiger partial charge is 0.338 e. The van der Waals surface area contributed by atoms with E-state index >= 15 is 0 Å². The monoisotopic (exact) mass is 309 g/mol. The zero-order valence-corrected chi connectivity index (χ0v) is 13.0. The predicted octanol–water partition coefficient (Wildman–Crippen LogP) is 3.91. The van der Waals surface area contributed by atoms with Gasteiger partial charge in [0.2, 0.25) is 5.91 Å². The summed E-state index contributed by atoms with van der Waals surface area (Å²) < 4.78 is 5.08. The molecule has 23 heavy (non-hydrogen) atoms. The van der Waals surface area contributed by atoms with Crippen molar-refractivity contribution in [3.8, 4) is 0 Å². The van der Waals surface area contributed by atoms with E-state index in [2.05, 4.69) is 5.32 Å². The minimum Gasteiger partial charge on any atom is -0.462 e. The molecule has 0 atom stereocenters. The first-order valence-corrected chi connectivity index (χ1v) is 7.50. The lowest BCUT2D eigenvalue weighted by molar-refractivity contribution is -0.111. The Bertz CT molecular complexity index is 693. The second kappa shape index (κ2) is 8.54. The van der Waals surface area contributed by atoms with Crippen LogP contribution < -0.4 is 5.32 Å². The van der Waals surface area contributed by atoms with E-state index in [1.807, 2.05) is 37.3 Å². The van der Waals surface area contributed by atoms with Crippen LogP contribution in [0.25, 0.3) is 6.08 Å². The Hall–Kier alpha value is -2.88. The van der Waals surface area contributed by atoms with Crippen molar-refractivity contribution in [3.63, 3.8) is 0 Å². The molecule has 4 heteroatoms. The van der Waals surface area contributed by atoms with Gasteiger partial charge in [-0.25, -0.2) is 4.79 Å². The number of esters is 1. The molecule has 0 aliphatic carbocycles. The van der Waals surface area contributed by atoms with Gasteiger partial charge in [-0.1, -0.05) is 43.3 Å². The Kier molecular flexibility index (Phi) is 6.12. The second-order valence-electron chi connectivity index (χ2n) is 4.95. The maximum atomic E-state index is 11.9. The summed E-state index contributed by atoms with van der Waals surface area (Å²) in [6.07, 6.45) is 3.96. The lowest BCUT2D eigenvalue weighted by Crippen LogP contribution is -2.10. The summed E-state index contributed by atoms with van der Waals surface area (Å²) in [7, 11) is 0. The minimum atomic E-state index is -0.386. The fraction of sp³-hybridized carbons (Fsp3) is 0.158. The number of carbonyl (C=O) groups excluding carboxylic acids is 2. The van der Waals surface area contributed by atoms with Gasteiger partial charge in [0.05, 0.1) is 12.2 Å². The average Bonchev–Trinajstić information content (AvgIpc) is 2.59. The molecule has 1 N–H and O–H groups in total. The van der Waals surface area contributed by atoms with Gasteiger partial charge in [-0.3, -0.25) is 4.79 Å². The average molecular weight is 309 g/mol. The lowest BCUT2D eigenvalue weighted by Gasteiger charge is -2.06. The molecule has 0 aliphatic rings. The largest absolute Gasteiger partial charge is 0.462 e. The Labute approximate surface area is 135 Å². The van der Waals surface area contributed by atoms with Gasteiger partial charge in [0.15, 0.2) is 0 Å². The first kappa shape index (κ1) is 16.5. The first-order chi connectivity index (χ1) is 11.2. The van der Waals surface area contributed by atoms with Gasteiger partial charge >= 0.3 is 5.97 Å². The standard InChI is InChI=1S/C19H19NO3/c1-2-13-23-19(22)16-9-6-10-17(14-16)20-18(21)12-11-15-7-4-3-5-8-15/h3-12,14H,2,13H2,1H3,(H,20,21)/b12-11+. The van der Waals surface area contributed by atoms with Crippen LogP contribution in [0.5, 0.6) is 0 Å². The van der Waals surface area contributed by atoms with Crippen molar-refractivity contribution in [2.75, 3.05) is 11.9 Å². The SMILES string of the molecule is CCCOC(=O)c1cccc(NC(=O)/C=C/c2ccccc2)c1. The van der Waals surface area contributed by atoms with Crippen molar-refractivity contribution in [1.82, 2.24) is 0 Å². The Balaban J connectivity index is 1.98. The van der Waals surface area contributed by atoms with Gasteiger partial charge in [-0.05, 0) is 36.3 Å². The second-order valence-corrected chi connectivity index (χ2v) is 4.95. The van der Waals surface area contributed by atoms with Gasteiger partial charge in [0.1, 0.15) is 0 Å². The maximum absolute atomic E-state index is 11.9. The van der Waals surface area contributed by atoms with Crippen molar-refractivity contribution < 1.29 is 14.3 Å². The van der Waals surface area contributed by atoms with Gasteiger partial charge in [-0.15, -0.1) is 0 Å². The third kappa shape index (κ3) is 5.43. The minimum absolute atomic E-state index is 0.257. The number of hydrogen-bond donors (Lipinski definition) is 1. The van der Waals surface area contributed by atoms with E-state index in [1.165, 1.54) is 6.08 Å². The molecule has 0 aliphatic heterocycles. The third-order valence-corrected chi connectivity index (χ3v) is 3.03. The molecular formula is C19H19NO3. The summed E-state index contributed by atoms with van der Waals surface area (Å²) in [4.78, 5) is 23.7. The van der Waals surface area contributed by atoms with E-state index in [-0.39, 0.29) is 11.9 Å². The van der Waals surface area contributed by atoms with E-state index in [0.717, 1.165) is 12.0 Å². The van der Waals surface area contributed by atoms with Gasteiger partial charge < -0.3 is 10.1 Å². The number of benzene rings is 2. The number of ether oxygens (including phenoxy) is 1. The van der Waals surface area contributed by atoms with E-state index in [1.54, 1.807) is 30.3 Å². The molecule has 0 fully saturated rings. The van der Waals surface area contributed by atoms with Crippen molar-refractivity contribution in [2.45, 2.75) is 13.3 Å². The van der Waals surface area contributed by atoms with Gasteiger partial charge in [-0.2, -0.15) is 0 Å². The molecule has 2 aromatic carbocycles. The Morgan fingerprint density at radius 2 is 1.87 bits per heavy atom. The number of nitrogens with one attached hydrogen (secondary N) is 1. The summed E-state index contributed by atoms with van der Waals surface area (Å²) in [5, 5.41) is 2.73. The van der Waals surface area contributed by atoms with Crippen molar-refractivity contribution in [1.29, 1.82) is 0 Å². The fourth-order valence-corrected chi connectivity index (χ4v) is 1.92. The summed E-state index contributed by atoms with van der Waals surface area (Å²) >= 11 is 0. The number of carbonyl (C=O) groups is 2. The summed E-state index contributed by atoms with van der Waals surface area (Å²) in [6.45, 7) is 2.32. The predicted molar refractivity (Wildman–Crippen MR) is 91.1 cm³/mol. The van der Waals surface area contributed by atoms with Crippen molar-refractivity contribution >= 4 is 23.6 Å². The highest BCUT2D eigenvalue weighted by Gasteiger charge is 2.07. The zero-order chi connectivity index (χ0) is 16.5. The van der Waals surface area contributed by atoms with Gasteiger partial charge in [0, 0.05) is 11.8 Å². The molecule has 0 spiro atoms.